The monoisotopic (exact) mass is 221 g/mol. The van der Waals surface area contributed by atoms with E-state index in [0.717, 1.165) is 12.5 Å². The number of rotatable bonds is 3. The highest BCUT2D eigenvalue weighted by molar-refractivity contribution is 5.26. The fourth-order valence-electron chi connectivity index (χ4n) is 2.56. The third kappa shape index (κ3) is 2.39. The molecule has 0 aliphatic heterocycles. The molecule has 1 aromatic rings. The number of hydrogen-bond donors (Lipinski definition) is 1. The van der Waals surface area contributed by atoms with Gasteiger partial charge in [-0.3, -0.25) is 0 Å². The van der Waals surface area contributed by atoms with Crippen molar-refractivity contribution in [1.82, 2.24) is 9.55 Å². The summed E-state index contributed by atoms with van der Waals surface area (Å²) in [4.78, 5) is 4.37. The normalized spacial score (nSPS) is 20.9. The molecule has 0 bridgehead atoms. The van der Waals surface area contributed by atoms with Crippen molar-refractivity contribution in [2.45, 2.75) is 52.5 Å². The van der Waals surface area contributed by atoms with E-state index < -0.39 is 0 Å². The number of hydrogen-bond acceptors (Lipinski definition) is 2. The molecule has 0 unspecified atom stereocenters. The van der Waals surface area contributed by atoms with Crippen molar-refractivity contribution in [1.29, 1.82) is 0 Å². The van der Waals surface area contributed by atoms with Crippen LogP contribution in [-0.4, -0.2) is 16.1 Å². The lowest BCUT2D eigenvalue weighted by molar-refractivity contribution is 0.194. The van der Waals surface area contributed by atoms with E-state index in [4.69, 9.17) is 0 Å². The summed E-state index contributed by atoms with van der Waals surface area (Å²) in [5, 5.41) is 3.33. The molecule has 1 saturated carbocycles. The van der Waals surface area contributed by atoms with Gasteiger partial charge in [0.15, 0.2) is 0 Å². The van der Waals surface area contributed by atoms with Crippen molar-refractivity contribution >= 4 is 5.95 Å². The van der Waals surface area contributed by atoms with Gasteiger partial charge in [0.1, 0.15) is 0 Å². The van der Waals surface area contributed by atoms with Crippen LogP contribution in [0, 0.1) is 5.41 Å². The highest BCUT2D eigenvalue weighted by Gasteiger charge is 2.28. The molecule has 0 amide bonds. The minimum Gasteiger partial charge on any atom is -0.356 e. The van der Waals surface area contributed by atoms with Crippen LogP contribution >= 0.6 is 0 Å². The third-order valence-electron chi connectivity index (χ3n) is 3.71. The van der Waals surface area contributed by atoms with Crippen molar-refractivity contribution in [3.63, 3.8) is 0 Å². The van der Waals surface area contributed by atoms with Crippen LogP contribution in [0.3, 0.4) is 0 Å². The molecule has 1 aliphatic carbocycles. The molecule has 0 atom stereocenters. The zero-order valence-corrected chi connectivity index (χ0v) is 10.7. The maximum atomic E-state index is 4.37. The van der Waals surface area contributed by atoms with Crippen molar-refractivity contribution in [3.05, 3.63) is 12.4 Å². The predicted octanol–water partition coefficient (Wildman–Crippen LogP) is 3.46. The zero-order chi connectivity index (χ0) is 11.6. The second kappa shape index (κ2) is 4.48. The van der Waals surface area contributed by atoms with Gasteiger partial charge in [-0.25, -0.2) is 4.98 Å². The SMILES string of the molecule is CCNc1nccn1C1CCC(C)(C)CC1. The summed E-state index contributed by atoms with van der Waals surface area (Å²) in [6.07, 6.45) is 9.21. The average Bonchev–Trinajstić information content (AvgIpc) is 2.67. The Balaban J connectivity index is 2.05. The van der Waals surface area contributed by atoms with Crippen molar-refractivity contribution in [2.24, 2.45) is 5.41 Å². The van der Waals surface area contributed by atoms with Gasteiger partial charge in [-0.2, -0.15) is 0 Å². The lowest BCUT2D eigenvalue weighted by Gasteiger charge is -2.35. The topological polar surface area (TPSA) is 29.9 Å². The van der Waals surface area contributed by atoms with Gasteiger partial charge in [-0.1, -0.05) is 13.8 Å². The molecule has 1 aromatic heterocycles. The molecule has 16 heavy (non-hydrogen) atoms. The van der Waals surface area contributed by atoms with E-state index in [1.54, 1.807) is 0 Å². The van der Waals surface area contributed by atoms with Gasteiger partial charge in [0, 0.05) is 25.0 Å². The predicted molar refractivity (Wildman–Crippen MR) is 67.7 cm³/mol. The van der Waals surface area contributed by atoms with Crippen LogP contribution in [0.5, 0.6) is 0 Å². The maximum absolute atomic E-state index is 4.37. The molecule has 90 valence electrons. The fraction of sp³-hybridized carbons (Fsp3) is 0.769. The fourth-order valence-corrected chi connectivity index (χ4v) is 2.56. The number of nitrogens with zero attached hydrogens (tertiary/aromatic N) is 2. The maximum Gasteiger partial charge on any atom is 0.203 e. The molecule has 0 aromatic carbocycles. The number of imidazole rings is 1. The van der Waals surface area contributed by atoms with Gasteiger partial charge >= 0.3 is 0 Å². The molecule has 1 aliphatic rings. The van der Waals surface area contributed by atoms with Crippen LogP contribution in [0.1, 0.15) is 52.5 Å². The van der Waals surface area contributed by atoms with Gasteiger partial charge in [0.05, 0.1) is 0 Å². The van der Waals surface area contributed by atoms with E-state index in [1.807, 2.05) is 6.20 Å². The lowest BCUT2D eigenvalue weighted by atomic mass is 9.75. The van der Waals surface area contributed by atoms with Crippen LogP contribution < -0.4 is 5.32 Å². The van der Waals surface area contributed by atoms with Crippen LogP contribution in [0.2, 0.25) is 0 Å². The molecule has 0 saturated heterocycles. The second-order valence-corrected chi connectivity index (χ2v) is 5.58. The highest BCUT2D eigenvalue weighted by Crippen LogP contribution is 2.40. The summed E-state index contributed by atoms with van der Waals surface area (Å²) in [6.45, 7) is 7.81. The van der Waals surface area contributed by atoms with E-state index in [0.29, 0.717) is 11.5 Å². The number of anilines is 1. The van der Waals surface area contributed by atoms with Gasteiger partial charge in [-0.05, 0) is 38.0 Å². The molecule has 1 N–H and O–H groups in total. The second-order valence-electron chi connectivity index (χ2n) is 5.58. The molecule has 3 heteroatoms. The van der Waals surface area contributed by atoms with Crippen LogP contribution in [0.15, 0.2) is 12.4 Å². The van der Waals surface area contributed by atoms with Crippen LogP contribution in [0.25, 0.3) is 0 Å². The summed E-state index contributed by atoms with van der Waals surface area (Å²) in [6, 6.07) is 0.643. The van der Waals surface area contributed by atoms with Gasteiger partial charge in [0.2, 0.25) is 5.95 Å². The minimum atomic E-state index is 0.537. The summed E-state index contributed by atoms with van der Waals surface area (Å²) >= 11 is 0. The molecule has 2 rings (SSSR count). The molecule has 3 nitrogen and oxygen atoms in total. The Kier molecular flexibility index (Phi) is 3.22. The quantitative estimate of drug-likeness (QED) is 0.847. The Bertz CT molecular complexity index is 331. The molecule has 1 heterocycles. The summed E-state index contributed by atoms with van der Waals surface area (Å²) in [5.41, 5.74) is 0.537. The first kappa shape index (κ1) is 11.5. The Labute approximate surface area is 98.3 Å². The average molecular weight is 221 g/mol. The molecular weight excluding hydrogens is 198 g/mol. The van der Waals surface area contributed by atoms with Crippen molar-refractivity contribution < 1.29 is 0 Å². The van der Waals surface area contributed by atoms with Gasteiger partial charge in [0.25, 0.3) is 0 Å². The Morgan fingerprint density at radius 3 is 2.75 bits per heavy atom. The third-order valence-corrected chi connectivity index (χ3v) is 3.71. The van der Waals surface area contributed by atoms with Gasteiger partial charge in [-0.15, -0.1) is 0 Å². The van der Waals surface area contributed by atoms with Crippen LogP contribution in [0.4, 0.5) is 5.95 Å². The Morgan fingerprint density at radius 1 is 1.44 bits per heavy atom. The first-order valence-corrected chi connectivity index (χ1v) is 6.39. The Hall–Kier alpha value is -0.990. The molecule has 0 spiro atoms. The van der Waals surface area contributed by atoms with Crippen molar-refractivity contribution in [3.8, 4) is 0 Å². The summed E-state index contributed by atoms with van der Waals surface area (Å²) in [5.74, 6) is 1.03. The zero-order valence-electron chi connectivity index (χ0n) is 10.7. The first-order valence-electron chi connectivity index (χ1n) is 6.39. The summed E-state index contributed by atoms with van der Waals surface area (Å²) in [7, 11) is 0. The van der Waals surface area contributed by atoms with Gasteiger partial charge < -0.3 is 9.88 Å². The Morgan fingerprint density at radius 2 is 2.12 bits per heavy atom. The number of aromatic nitrogens is 2. The smallest absolute Gasteiger partial charge is 0.203 e. The van der Waals surface area contributed by atoms with E-state index in [-0.39, 0.29) is 0 Å². The number of nitrogens with one attached hydrogen (secondary N) is 1. The first-order chi connectivity index (χ1) is 7.62. The largest absolute Gasteiger partial charge is 0.356 e. The van der Waals surface area contributed by atoms with Crippen LogP contribution in [-0.2, 0) is 0 Å². The lowest BCUT2D eigenvalue weighted by Crippen LogP contribution is -2.24. The summed E-state index contributed by atoms with van der Waals surface area (Å²) < 4.78 is 2.32. The van der Waals surface area contributed by atoms with E-state index in [2.05, 4.69) is 41.8 Å². The minimum absolute atomic E-state index is 0.537. The standard InChI is InChI=1S/C13H23N3/c1-4-14-12-15-9-10-16(12)11-5-7-13(2,3)8-6-11/h9-11H,4-8H2,1-3H3,(H,14,15). The molecule has 1 fully saturated rings. The van der Waals surface area contributed by atoms with E-state index in [9.17, 15) is 0 Å². The van der Waals surface area contributed by atoms with E-state index in [1.165, 1.54) is 25.7 Å². The molecular formula is C13H23N3. The van der Waals surface area contributed by atoms with Crippen molar-refractivity contribution in [2.75, 3.05) is 11.9 Å². The van der Waals surface area contributed by atoms with E-state index >= 15 is 0 Å². The highest BCUT2D eigenvalue weighted by atomic mass is 15.2. The molecule has 0 radical (unpaired) electrons.